The molecular formula is C17H25NO. The van der Waals surface area contributed by atoms with E-state index >= 15 is 0 Å². The molecule has 1 aromatic carbocycles. The fourth-order valence-corrected chi connectivity index (χ4v) is 3.06. The Morgan fingerprint density at radius 1 is 1.11 bits per heavy atom. The van der Waals surface area contributed by atoms with Crippen LogP contribution in [-0.4, -0.2) is 20.2 Å². The Balaban J connectivity index is 1.37. The first-order valence-electron chi connectivity index (χ1n) is 7.70. The molecule has 2 heteroatoms. The average molecular weight is 259 g/mol. The summed E-state index contributed by atoms with van der Waals surface area (Å²) in [5, 5.41) is 3.67. The monoisotopic (exact) mass is 259 g/mol. The van der Waals surface area contributed by atoms with Crippen molar-refractivity contribution < 1.29 is 4.74 Å². The van der Waals surface area contributed by atoms with Crippen LogP contribution in [0.5, 0.6) is 5.75 Å². The SMILES string of the molecule is COc1ccc(CCNCC(C2CC2)C2CC2)cc1. The summed E-state index contributed by atoms with van der Waals surface area (Å²) in [6.07, 6.45) is 7.07. The third kappa shape index (κ3) is 3.73. The molecule has 2 saturated carbocycles. The zero-order chi connectivity index (χ0) is 13.1. The van der Waals surface area contributed by atoms with Crippen LogP contribution in [0, 0.1) is 17.8 Å². The van der Waals surface area contributed by atoms with Crippen molar-refractivity contribution in [2.24, 2.45) is 17.8 Å². The largest absolute Gasteiger partial charge is 0.497 e. The Morgan fingerprint density at radius 2 is 1.74 bits per heavy atom. The normalized spacial score (nSPS) is 18.8. The van der Waals surface area contributed by atoms with Gasteiger partial charge in [-0.15, -0.1) is 0 Å². The van der Waals surface area contributed by atoms with E-state index in [0.29, 0.717) is 0 Å². The van der Waals surface area contributed by atoms with Gasteiger partial charge in [0, 0.05) is 0 Å². The van der Waals surface area contributed by atoms with Gasteiger partial charge in [0.2, 0.25) is 0 Å². The lowest BCUT2D eigenvalue weighted by Crippen LogP contribution is -2.27. The smallest absolute Gasteiger partial charge is 0.118 e. The Kier molecular flexibility index (Phi) is 4.07. The third-order valence-electron chi connectivity index (χ3n) is 4.58. The van der Waals surface area contributed by atoms with E-state index in [-0.39, 0.29) is 0 Å². The van der Waals surface area contributed by atoms with Crippen molar-refractivity contribution >= 4 is 0 Å². The maximum absolute atomic E-state index is 5.18. The first-order chi connectivity index (χ1) is 9.36. The van der Waals surface area contributed by atoms with Crippen LogP contribution in [0.15, 0.2) is 24.3 Å². The molecule has 0 spiro atoms. The van der Waals surface area contributed by atoms with Gasteiger partial charge in [-0.25, -0.2) is 0 Å². The molecule has 2 aliphatic carbocycles. The highest BCUT2D eigenvalue weighted by Gasteiger charge is 2.40. The molecule has 0 aliphatic heterocycles. The second-order valence-corrected chi connectivity index (χ2v) is 6.14. The molecule has 19 heavy (non-hydrogen) atoms. The standard InChI is InChI=1S/C17H25NO/c1-19-16-8-2-13(3-9-16)10-11-18-12-17(14-4-5-14)15-6-7-15/h2-3,8-9,14-15,17-18H,4-7,10-12H2,1H3. The molecule has 3 rings (SSSR count). The van der Waals surface area contributed by atoms with Crippen molar-refractivity contribution in [1.82, 2.24) is 5.32 Å². The Labute approximate surface area is 116 Å². The van der Waals surface area contributed by atoms with Crippen molar-refractivity contribution in [1.29, 1.82) is 0 Å². The highest BCUT2D eigenvalue weighted by Crippen LogP contribution is 2.48. The zero-order valence-electron chi connectivity index (χ0n) is 11.9. The third-order valence-corrected chi connectivity index (χ3v) is 4.58. The van der Waals surface area contributed by atoms with Crippen LogP contribution in [0.25, 0.3) is 0 Å². The minimum Gasteiger partial charge on any atom is -0.497 e. The van der Waals surface area contributed by atoms with Gasteiger partial charge in [0.15, 0.2) is 0 Å². The van der Waals surface area contributed by atoms with Crippen LogP contribution in [-0.2, 0) is 6.42 Å². The summed E-state index contributed by atoms with van der Waals surface area (Å²) in [5.41, 5.74) is 1.39. The lowest BCUT2D eigenvalue weighted by molar-refractivity contribution is 0.380. The van der Waals surface area contributed by atoms with Gasteiger partial charge in [-0.1, -0.05) is 12.1 Å². The second-order valence-electron chi connectivity index (χ2n) is 6.14. The quantitative estimate of drug-likeness (QED) is 0.724. The second kappa shape index (κ2) is 5.96. The molecule has 1 aromatic rings. The summed E-state index contributed by atoms with van der Waals surface area (Å²) < 4.78 is 5.18. The van der Waals surface area contributed by atoms with Crippen LogP contribution in [0.2, 0.25) is 0 Å². The zero-order valence-corrected chi connectivity index (χ0v) is 11.9. The molecule has 0 unspecified atom stereocenters. The van der Waals surface area contributed by atoms with Gasteiger partial charge in [0.05, 0.1) is 7.11 Å². The number of ether oxygens (including phenoxy) is 1. The number of benzene rings is 1. The average Bonchev–Trinajstić information content (AvgIpc) is 3.32. The van der Waals surface area contributed by atoms with Crippen molar-refractivity contribution in [3.63, 3.8) is 0 Å². The number of hydrogen-bond acceptors (Lipinski definition) is 2. The number of methoxy groups -OCH3 is 1. The highest BCUT2D eigenvalue weighted by atomic mass is 16.5. The van der Waals surface area contributed by atoms with Gasteiger partial charge in [0.1, 0.15) is 5.75 Å². The summed E-state index contributed by atoms with van der Waals surface area (Å²) in [6, 6.07) is 8.43. The molecule has 1 N–H and O–H groups in total. The molecule has 0 heterocycles. The molecule has 0 saturated heterocycles. The molecule has 0 bridgehead atoms. The van der Waals surface area contributed by atoms with Crippen LogP contribution in [0.3, 0.4) is 0 Å². The molecule has 104 valence electrons. The Hall–Kier alpha value is -1.02. The van der Waals surface area contributed by atoms with E-state index in [0.717, 1.165) is 36.5 Å². The topological polar surface area (TPSA) is 21.3 Å². The first-order valence-corrected chi connectivity index (χ1v) is 7.70. The molecular weight excluding hydrogens is 234 g/mol. The van der Waals surface area contributed by atoms with Crippen molar-refractivity contribution in [2.75, 3.05) is 20.2 Å². The minimum atomic E-state index is 0.944. The van der Waals surface area contributed by atoms with Gasteiger partial charge in [-0.05, 0) is 80.6 Å². The van der Waals surface area contributed by atoms with E-state index in [1.54, 1.807) is 7.11 Å². The molecule has 2 fully saturated rings. The van der Waals surface area contributed by atoms with Crippen LogP contribution < -0.4 is 10.1 Å². The number of rotatable bonds is 8. The molecule has 0 atom stereocenters. The summed E-state index contributed by atoms with van der Waals surface area (Å²) in [6.45, 7) is 2.34. The maximum atomic E-state index is 5.18. The summed E-state index contributed by atoms with van der Waals surface area (Å²) in [7, 11) is 1.71. The highest BCUT2D eigenvalue weighted by molar-refractivity contribution is 5.27. The van der Waals surface area contributed by atoms with E-state index in [9.17, 15) is 0 Å². The van der Waals surface area contributed by atoms with E-state index in [1.165, 1.54) is 37.8 Å². The predicted molar refractivity (Wildman–Crippen MR) is 78.5 cm³/mol. The molecule has 0 radical (unpaired) electrons. The fourth-order valence-electron chi connectivity index (χ4n) is 3.06. The van der Waals surface area contributed by atoms with Crippen molar-refractivity contribution in [2.45, 2.75) is 32.1 Å². The van der Waals surface area contributed by atoms with E-state index in [1.807, 2.05) is 12.1 Å². The van der Waals surface area contributed by atoms with E-state index < -0.39 is 0 Å². The fraction of sp³-hybridized carbons (Fsp3) is 0.647. The molecule has 0 amide bonds. The molecule has 2 nitrogen and oxygen atoms in total. The van der Waals surface area contributed by atoms with Crippen molar-refractivity contribution in [3.05, 3.63) is 29.8 Å². The van der Waals surface area contributed by atoms with Gasteiger partial charge < -0.3 is 10.1 Å². The Bertz CT molecular complexity index is 380. The van der Waals surface area contributed by atoms with Crippen LogP contribution in [0.1, 0.15) is 31.2 Å². The maximum Gasteiger partial charge on any atom is 0.118 e. The lowest BCUT2D eigenvalue weighted by Gasteiger charge is -2.16. The first kappa shape index (κ1) is 13.0. The van der Waals surface area contributed by atoms with Crippen LogP contribution >= 0.6 is 0 Å². The Morgan fingerprint density at radius 3 is 2.26 bits per heavy atom. The van der Waals surface area contributed by atoms with Crippen molar-refractivity contribution in [3.8, 4) is 5.75 Å². The van der Waals surface area contributed by atoms with E-state index in [2.05, 4.69) is 17.4 Å². The lowest BCUT2D eigenvalue weighted by atomic mass is 9.98. The number of hydrogen-bond donors (Lipinski definition) is 1. The number of nitrogens with one attached hydrogen (secondary N) is 1. The summed E-state index contributed by atoms with van der Waals surface area (Å²) >= 11 is 0. The molecule has 0 aromatic heterocycles. The van der Waals surface area contributed by atoms with E-state index in [4.69, 9.17) is 4.74 Å². The van der Waals surface area contributed by atoms with Crippen LogP contribution in [0.4, 0.5) is 0 Å². The predicted octanol–water partition coefficient (Wildman–Crippen LogP) is 3.26. The molecule has 2 aliphatic rings. The van der Waals surface area contributed by atoms with Gasteiger partial charge >= 0.3 is 0 Å². The van der Waals surface area contributed by atoms with Gasteiger partial charge in [0.25, 0.3) is 0 Å². The minimum absolute atomic E-state index is 0.944. The van der Waals surface area contributed by atoms with Gasteiger partial charge in [-0.3, -0.25) is 0 Å². The van der Waals surface area contributed by atoms with Gasteiger partial charge in [-0.2, -0.15) is 0 Å². The summed E-state index contributed by atoms with van der Waals surface area (Å²) in [4.78, 5) is 0. The summed E-state index contributed by atoms with van der Waals surface area (Å²) in [5.74, 6) is 4.04.